The van der Waals surface area contributed by atoms with E-state index in [4.69, 9.17) is 4.74 Å². The molecule has 0 aromatic heterocycles. The molecule has 1 unspecified atom stereocenters. The third-order valence-electron chi connectivity index (χ3n) is 3.43. The highest BCUT2D eigenvalue weighted by molar-refractivity contribution is 5.57. The summed E-state index contributed by atoms with van der Waals surface area (Å²) in [5, 5.41) is 12.6. The van der Waals surface area contributed by atoms with E-state index >= 15 is 0 Å². The first kappa shape index (κ1) is 11.8. The van der Waals surface area contributed by atoms with Gasteiger partial charge in [0, 0.05) is 0 Å². The molecule has 0 heterocycles. The van der Waals surface area contributed by atoms with E-state index in [0.29, 0.717) is 5.92 Å². The van der Waals surface area contributed by atoms with E-state index in [1.165, 1.54) is 12.8 Å². The lowest BCUT2D eigenvalue weighted by atomic mass is 9.99. The number of methoxy groups -OCH3 is 1. The van der Waals surface area contributed by atoms with E-state index < -0.39 is 0 Å². The molecule has 1 fully saturated rings. The summed E-state index contributed by atoms with van der Waals surface area (Å²) in [4.78, 5) is 0. The molecule has 0 amide bonds. The highest BCUT2D eigenvalue weighted by Gasteiger charge is 2.25. The average molecular weight is 230 g/mol. The van der Waals surface area contributed by atoms with Crippen LogP contribution < -0.4 is 10.1 Å². The van der Waals surface area contributed by atoms with E-state index in [1.807, 2.05) is 24.3 Å². The Labute approximate surface area is 102 Å². The first-order valence-electron chi connectivity index (χ1n) is 6.14. The lowest BCUT2D eigenvalue weighted by Gasteiger charge is -2.20. The van der Waals surface area contributed by atoms with Crippen LogP contribution in [0.25, 0.3) is 0 Å². The van der Waals surface area contributed by atoms with Gasteiger partial charge >= 0.3 is 0 Å². The van der Waals surface area contributed by atoms with Crippen LogP contribution in [0.3, 0.4) is 0 Å². The zero-order valence-corrected chi connectivity index (χ0v) is 10.1. The largest absolute Gasteiger partial charge is 0.495 e. The van der Waals surface area contributed by atoms with Gasteiger partial charge in [0.25, 0.3) is 0 Å². The molecular formula is C14H18N2O. The number of nitrogens with one attached hydrogen (secondary N) is 1. The summed E-state index contributed by atoms with van der Waals surface area (Å²) in [6.45, 7) is 0. The Morgan fingerprint density at radius 2 is 2.06 bits per heavy atom. The molecule has 0 spiro atoms. The van der Waals surface area contributed by atoms with E-state index in [2.05, 4.69) is 11.4 Å². The topological polar surface area (TPSA) is 45.0 Å². The Hall–Kier alpha value is -1.69. The quantitative estimate of drug-likeness (QED) is 0.864. The molecule has 1 atom stereocenters. The van der Waals surface area contributed by atoms with Gasteiger partial charge in [-0.3, -0.25) is 0 Å². The average Bonchev–Trinajstić information content (AvgIpc) is 2.90. The number of ether oxygens (including phenoxy) is 1. The molecule has 1 aliphatic rings. The molecule has 1 aromatic rings. The maximum atomic E-state index is 9.26. The second kappa shape index (κ2) is 5.58. The van der Waals surface area contributed by atoms with Crippen LogP contribution in [-0.4, -0.2) is 13.2 Å². The number of rotatable bonds is 4. The highest BCUT2D eigenvalue weighted by atomic mass is 16.5. The standard InChI is InChI=1S/C14H18N2O/c1-17-14-9-5-4-8-12(14)16-13(10-15)11-6-2-3-7-11/h4-5,8-9,11,13,16H,2-3,6-7H2,1H3. The third kappa shape index (κ3) is 2.71. The zero-order valence-electron chi connectivity index (χ0n) is 10.1. The molecular weight excluding hydrogens is 212 g/mol. The Morgan fingerprint density at radius 1 is 1.35 bits per heavy atom. The van der Waals surface area contributed by atoms with Crippen molar-refractivity contribution in [2.45, 2.75) is 31.7 Å². The minimum atomic E-state index is -0.103. The fraction of sp³-hybridized carbons (Fsp3) is 0.500. The second-order valence-electron chi connectivity index (χ2n) is 4.50. The summed E-state index contributed by atoms with van der Waals surface area (Å²) >= 11 is 0. The lowest BCUT2D eigenvalue weighted by Crippen LogP contribution is -2.25. The van der Waals surface area contributed by atoms with Crippen molar-refractivity contribution in [3.8, 4) is 11.8 Å². The Balaban J connectivity index is 2.10. The maximum Gasteiger partial charge on any atom is 0.141 e. The van der Waals surface area contributed by atoms with Crippen LogP contribution in [0.5, 0.6) is 5.75 Å². The number of nitriles is 1. The summed E-state index contributed by atoms with van der Waals surface area (Å²) < 4.78 is 5.28. The molecule has 1 aromatic carbocycles. The lowest BCUT2D eigenvalue weighted by molar-refractivity contribution is 0.415. The van der Waals surface area contributed by atoms with Crippen molar-refractivity contribution in [1.29, 1.82) is 5.26 Å². The van der Waals surface area contributed by atoms with E-state index in [0.717, 1.165) is 24.3 Å². The number of benzene rings is 1. The van der Waals surface area contributed by atoms with Crippen LogP contribution >= 0.6 is 0 Å². The zero-order chi connectivity index (χ0) is 12.1. The van der Waals surface area contributed by atoms with Gasteiger partial charge in [-0.1, -0.05) is 25.0 Å². The number of hydrogen-bond donors (Lipinski definition) is 1. The van der Waals surface area contributed by atoms with Crippen molar-refractivity contribution < 1.29 is 4.74 Å². The fourth-order valence-corrected chi connectivity index (χ4v) is 2.48. The van der Waals surface area contributed by atoms with Crippen molar-refractivity contribution in [2.75, 3.05) is 12.4 Å². The van der Waals surface area contributed by atoms with Crippen molar-refractivity contribution in [3.63, 3.8) is 0 Å². The van der Waals surface area contributed by atoms with E-state index in [-0.39, 0.29) is 6.04 Å². The SMILES string of the molecule is COc1ccccc1NC(C#N)C1CCCC1. The molecule has 17 heavy (non-hydrogen) atoms. The summed E-state index contributed by atoms with van der Waals surface area (Å²) in [6.07, 6.45) is 4.80. The predicted octanol–water partition coefficient (Wildman–Crippen LogP) is 3.19. The number of hydrogen-bond acceptors (Lipinski definition) is 3. The van der Waals surface area contributed by atoms with Crippen molar-refractivity contribution in [3.05, 3.63) is 24.3 Å². The summed E-state index contributed by atoms with van der Waals surface area (Å²) in [6, 6.07) is 10.0. The minimum absolute atomic E-state index is 0.103. The molecule has 1 saturated carbocycles. The Bertz CT molecular complexity index is 405. The minimum Gasteiger partial charge on any atom is -0.495 e. The van der Waals surface area contributed by atoms with Crippen LogP contribution in [-0.2, 0) is 0 Å². The van der Waals surface area contributed by atoms with Crippen LogP contribution in [0.4, 0.5) is 5.69 Å². The monoisotopic (exact) mass is 230 g/mol. The van der Waals surface area contributed by atoms with Gasteiger partial charge in [0.15, 0.2) is 0 Å². The van der Waals surface area contributed by atoms with Gasteiger partial charge in [0.1, 0.15) is 11.8 Å². The summed E-state index contributed by atoms with van der Waals surface area (Å²) in [5.74, 6) is 1.27. The van der Waals surface area contributed by atoms with Crippen LogP contribution in [0, 0.1) is 17.2 Å². The van der Waals surface area contributed by atoms with Gasteiger partial charge < -0.3 is 10.1 Å². The first-order valence-corrected chi connectivity index (χ1v) is 6.14. The number of nitrogens with zero attached hydrogens (tertiary/aromatic N) is 1. The smallest absolute Gasteiger partial charge is 0.141 e. The number of anilines is 1. The Kier molecular flexibility index (Phi) is 3.87. The number of para-hydroxylation sites is 2. The van der Waals surface area contributed by atoms with Gasteiger partial charge in [-0.05, 0) is 30.9 Å². The second-order valence-corrected chi connectivity index (χ2v) is 4.50. The van der Waals surface area contributed by atoms with Gasteiger partial charge in [-0.15, -0.1) is 0 Å². The van der Waals surface area contributed by atoms with Gasteiger partial charge in [0.2, 0.25) is 0 Å². The van der Waals surface area contributed by atoms with Crippen molar-refractivity contribution in [2.24, 2.45) is 5.92 Å². The molecule has 2 rings (SSSR count). The van der Waals surface area contributed by atoms with E-state index in [9.17, 15) is 5.26 Å². The van der Waals surface area contributed by atoms with Crippen LogP contribution in [0.1, 0.15) is 25.7 Å². The molecule has 3 heteroatoms. The fourth-order valence-electron chi connectivity index (χ4n) is 2.48. The van der Waals surface area contributed by atoms with Gasteiger partial charge in [0.05, 0.1) is 18.9 Å². The first-order chi connectivity index (χ1) is 8.35. The molecule has 0 saturated heterocycles. The predicted molar refractivity (Wildman–Crippen MR) is 68.0 cm³/mol. The molecule has 1 N–H and O–H groups in total. The molecule has 3 nitrogen and oxygen atoms in total. The summed E-state index contributed by atoms with van der Waals surface area (Å²) in [5.41, 5.74) is 0.911. The molecule has 90 valence electrons. The molecule has 1 aliphatic carbocycles. The maximum absolute atomic E-state index is 9.26. The van der Waals surface area contributed by atoms with Crippen LogP contribution in [0.15, 0.2) is 24.3 Å². The normalized spacial score (nSPS) is 17.4. The van der Waals surface area contributed by atoms with Crippen molar-refractivity contribution in [1.82, 2.24) is 0 Å². The van der Waals surface area contributed by atoms with Crippen LogP contribution in [0.2, 0.25) is 0 Å². The third-order valence-corrected chi connectivity index (χ3v) is 3.43. The van der Waals surface area contributed by atoms with Crippen molar-refractivity contribution >= 4 is 5.69 Å². The van der Waals surface area contributed by atoms with Gasteiger partial charge in [-0.2, -0.15) is 5.26 Å². The molecule has 0 bridgehead atoms. The molecule has 0 aliphatic heterocycles. The van der Waals surface area contributed by atoms with E-state index in [1.54, 1.807) is 7.11 Å². The molecule has 0 radical (unpaired) electrons. The highest BCUT2D eigenvalue weighted by Crippen LogP contribution is 2.31. The Morgan fingerprint density at radius 3 is 2.71 bits per heavy atom. The summed E-state index contributed by atoms with van der Waals surface area (Å²) in [7, 11) is 1.65. The van der Waals surface area contributed by atoms with Gasteiger partial charge in [-0.25, -0.2) is 0 Å².